The fourth-order valence-electron chi connectivity index (χ4n) is 2.45. The fraction of sp³-hybridized carbons (Fsp3) is 0.111. The molecule has 10 nitrogen and oxygen atoms in total. The zero-order valence-corrected chi connectivity index (χ0v) is 15.2. The van der Waals surface area contributed by atoms with Crippen LogP contribution in [0.4, 0.5) is 10.3 Å². The monoisotopic (exact) mass is 398 g/mol. The summed E-state index contributed by atoms with van der Waals surface area (Å²) in [4.78, 5) is 25.6. The van der Waals surface area contributed by atoms with Crippen molar-refractivity contribution in [3.05, 3.63) is 81.4 Å². The number of carbonyl (C=O) groups excluding carboxylic acids is 1. The van der Waals surface area contributed by atoms with E-state index in [0.717, 1.165) is 0 Å². The Morgan fingerprint density at radius 2 is 2.10 bits per heavy atom. The van der Waals surface area contributed by atoms with Crippen molar-refractivity contribution in [2.24, 2.45) is 5.10 Å². The first kappa shape index (κ1) is 19.6. The molecule has 0 saturated heterocycles. The van der Waals surface area contributed by atoms with Gasteiger partial charge in [0.25, 0.3) is 5.91 Å². The quantitative estimate of drug-likeness (QED) is 0.369. The van der Waals surface area contributed by atoms with Gasteiger partial charge in [-0.25, -0.2) is 9.82 Å². The number of methoxy groups -OCH3 is 1. The van der Waals surface area contributed by atoms with Crippen molar-refractivity contribution in [3.8, 4) is 5.75 Å². The number of nitrogens with one attached hydrogen (secondary N) is 1. The van der Waals surface area contributed by atoms with E-state index in [1.54, 1.807) is 18.2 Å². The van der Waals surface area contributed by atoms with Crippen LogP contribution < -0.4 is 10.2 Å². The molecule has 3 aromatic rings. The molecule has 0 saturated carbocycles. The normalized spacial score (nSPS) is 10.8. The van der Waals surface area contributed by atoms with Gasteiger partial charge in [-0.1, -0.05) is 4.98 Å². The van der Waals surface area contributed by atoms with Gasteiger partial charge in [-0.15, -0.1) is 0 Å². The van der Waals surface area contributed by atoms with Crippen LogP contribution in [-0.4, -0.2) is 38.9 Å². The first-order valence-electron chi connectivity index (χ1n) is 8.26. The van der Waals surface area contributed by atoms with E-state index in [1.807, 2.05) is 0 Å². The van der Waals surface area contributed by atoms with Gasteiger partial charge in [-0.2, -0.15) is 9.78 Å². The zero-order valence-electron chi connectivity index (χ0n) is 15.2. The van der Waals surface area contributed by atoms with Crippen LogP contribution in [0.1, 0.15) is 21.5 Å². The highest BCUT2D eigenvalue weighted by molar-refractivity contribution is 5.94. The van der Waals surface area contributed by atoms with Crippen LogP contribution in [0.2, 0.25) is 0 Å². The number of nitro groups is 1. The highest BCUT2D eigenvalue weighted by atomic mass is 19.1. The van der Waals surface area contributed by atoms with Crippen LogP contribution in [0.15, 0.2) is 53.9 Å². The van der Waals surface area contributed by atoms with E-state index in [4.69, 9.17) is 4.74 Å². The number of hydrazone groups is 1. The first-order chi connectivity index (χ1) is 14.0. The summed E-state index contributed by atoms with van der Waals surface area (Å²) in [6, 6.07) is 10.2. The van der Waals surface area contributed by atoms with Crippen LogP contribution in [0.5, 0.6) is 5.75 Å². The third-order valence-electron chi connectivity index (χ3n) is 3.81. The second kappa shape index (κ2) is 8.69. The average molecular weight is 398 g/mol. The second-order valence-electron chi connectivity index (χ2n) is 5.78. The zero-order chi connectivity index (χ0) is 20.8. The molecule has 0 spiro atoms. The number of carbonyl (C=O) groups is 1. The molecule has 0 bridgehead atoms. The molecule has 1 heterocycles. The predicted octanol–water partition coefficient (Wildman–Crippen LogP) is 2.15. The molecule has 3 rings (SSSR count). The molecule has 1 amide bonds. The Morgan fingerprint density at radius 3 is 2.76 bits per heavy atom. The molecule has 2 aromatic carbocycles. The highest BCUT2D eigenvalue weighted by Gasteiger charge is 2.15. The molecule has 1 N–H and O–H groups in total. The molecule has 11 heteroatoms. The molecule has 0 aliphatic carbocycles. The smallest absolute Gasteiger partial charge is 0.490 e. The molecule has 0 radical (unpaired) electrons. The summed E-state index contributed by atoms with van der Waals surface area (Å²) in [5.74, 6) is -0.862. The Bertz CT molecular complexity index is 1060. The van der Waals surface area contributed by atoms with Gasteiger partial charge in [0.2, 0.25) is 6.33 Å². The van der Waals surface area contributed by atoms with Gasteiger partial charge >= 0.3 is 5.95 Å². The van der Waals surface area contributed by atoms with Crippen molar-refractivity contribution < 1.29 is 18.8 Å². The highest BCUT2D eigenvalue weighted by Crippen LogP contribution is 2.20. The second-order valence-corrected chi connectivity index (χ2v) is 5.78. The topological polar surface area (TPSA) is 125 Å². The van der Waals surface area contributed by atoms with Crippen LogP contribution in [0, 0.1) is 15.9 Å². The summed E-state index contributed by atoms with van der Waals surface area (Å²) in [5, 5.41) is 18.4. The van der Waals surface area contributed by atoms with E-state index in [-0.39, 0.29) is 12.1 Å². The molecule has 148 valence electrons. The summed E-state index contributed by atoms with van der Waals surface area (Å²) >= 11 is 0. The predicted molar refractivity (Wildman–Crippen MR) is 100 cm³/mol. The number of ether oxygens (including phenoxy) is 1. The molecule has 0 atom stereocenters. The summed E-state index contributed by atoms with van der Waals surface area (Å²) in [5.41, 5.74) is 3.95. The summed E-state index contributed by atoms with van der Waals surface area (Å²) < 4.78 is 19.5. The third-order valence-corrected chi connectivity index (χ3v) is 3.81. The Hall–Kier alpha value is -4.15. The lowest BCUT2D eigenvalue weighted by atomic mass is 10.1. The standard InChI is InChI=1S/C18H15FN6O4/c1-29-16-7-2-12(8-14(16)10-24-11-20-18(23-24)25(27)28)9-21-22-17(26)13-3-5-15(19)6-4-13/h2-9,11H,10H2,1H3,(H,22,26)/b21-9-. The van der Waals surface area contributed by atoms with Crippen LogP contribution in [0.25, 0.3) is 0 Å². The minimum atomic E-state index is -0.680. The third kappa shape index (κ3) is 4.97. The number of rotatable bonds is 7. The SMILES string of the molecule is COc1ccc(/C=N\NC(=O)c2ccc(F)cc2)cc1Cn1cnc([N+](=O)[O-])n1. The Balaban J connectivity index is 1.71. The molecule has 0 aliphatic rings. The number of hydrogen-bond acceptors (Lipinski definition) is 7. The van der Waals surface area contributed by atoms with Gasteiger partial charge < -0.3 is 14.9 Å². The van der Waals surface area contributed by atoms with Crippen molar-refractivity contribution >= 4 is 18.1 Å². The van der Waals surface area contributed by atoms with Gasteiger partial charge in [-0.3, -0.25) is 4.79 Å². The van der Waals surface area contributed by atoms with Gasteiger partial charge in [0.1, 0.15) is 11.6 Å². The van der Waals surface area contributed by atoms with Gasteiger partial charge in [0.15, 0.2) is 0 Å². The number of amides is 1. The number of aromatic nitrogens is 3. The van der Waals surface area contributed by atoms with Crippen LogP contribution >= 0.6 is 0 Å². The van der Waals surface area contributed by atoms with Gasteiger partial charge in [0, 0.05) is 16.2 Å². The van der Waals surface area contributed by atoms with Gasteiger partial charge in [0.05, 0.1) is 19.9 Å². The largest absolute Gasteiger partial charge is 0.496 e. The molecule has 29 heavy (non-hydrogen) atoms. The minimum Gasteiger partial charge on any atom is -0.496 e. The lowest BCUT2D eigenvalue weighted by Gasteiger charge is -2.08. The maximum Gasteiger partial charge on any atom is 0.490 e. The maximum atomic E-state index is 12.9. The molecule has 0 aliphatic heterocycles. The first-order valence-corrected chi connectivity index (χ1v) is 8.26. The summed E-state index contributed by atoms with van der Waals surface area (Å²) in [6.45, 7) is 0.188. The van der Waals surface area contributed by atoms with Crippen molar-refractivity contribution in [2.75, 3.05) is 7.11 Å². The van der Waals surface area contributed by atoms with E-state index >= 15 is 0 Å². The Kier molecular flexibility index (Phi) is 5.88. The van der Waals surface area contributed by atoms with Crippen molar-refractivity contribution in [1.82, 2.24) is 20.2 Å². The maximum absolute atomic E-state index is 12.9. The van der Waals surface area contributed by atoms with Crippen molar-refractivity contribution in [1.29, 1.82) is 0 Å². The molecular weight excluding hydrogens is 383 g/mol. The van der Waals surface area contributed by atoms with Crippen LogP contribution in [0.3, 0.4) is 0 Å². The van der Waals surface area contributed by atoms with Crippen molar-refractivity contribution in [3.63, 3.8) is 0 Å². The lowest BCUT2D eigenvalue weighted by Crippen LogP contribution is -2.17. The molecule has 1 aromatic heterocycles. The van der Waals surface area contributed by atoms with E-state index in [9.17, 15) is 19.3 Å². The number of benzene rings is 2. The van der Waals surface area contributed by atoms with E-state index < -0.39 is 22.6 Å². The lowest BCUT2D eigenvalue weighted by molar-refractivity contribution is -0.394. The summed E-state index contributed by atoms with van der Waals surface area (Å²) in [7, 11) is 1.50. The molecule has 0 fully saturated rings. The summed E-state index contributed by atoms with van der Waals surface area (Å²) in [6.07, 6.45) is 2.68. The van der Waals surface area contributed by atoms with E-state index in [1.165, 1.54) is 48.6 Å². The van der Waals surface area contributed by atoms with Crippen molar-refractivity contribution in [2.45, 2.75) is 6.54 Å². The minimum absolute atomic E-state index is 0.188. The average Bonchev–Trinajstić information content (AvgIpc) is 3.17. The van der Waals surface area contributed by atoms with Crippen LogP contribution in [-0.2, 0) is 6.54 Å². The molecular formula is C18H15FN6O4. The molecule has 0 unspecified atom stereocenters. The number of nitrogens with zero attached hydrogens (tertiary/aromatic N) is 5. The fourth-order valence-corrected chi connectivity index (χ4v) is 2.45. The van der Waals surface area contributed by atoms with E-state index in [2.05, 4.69) is 20.6 Å². The van der Waals surface area contributed by atoms with Gasteiger partial charge in [-0.05, 0) is 53.0 Å². The number of hydrogen-bond donors (Lipinski definition) is 1. The Labute approximate surface area is 163 Å². The van der Waals surface area contributed by atoms with E-state index in [0.29, 0.717) is 16.9 Å². The Morgan fingerprint density at radius 1 is 1.34 bits per heavy atom. The number of halogens is 1.